The van der Waals surface area contributed by atoms with E-state index in [0.29, 0.717) is 12.8 Å². The Balaban J connectivity index is 2.53. The van der Waals surface area contributed by atoms with Crippen molar-refractivity contribution in [3.05, 3.63) is 35.4 Å². The number of carbonyl (C=O) groups excluding carboxylic acids is 2. The number of nitrogens with two attached hydrogens (primary N) is 2. The van der Waals surface area contributed by atoms with Gasteiger partial charge in [0, 0.05) is 6.04 Å². The summed E-state index contributed by atoms with van der Waals surface area (Å²) >= 11 is 0. The number of hydrogen-bond acceptors (Lipinski definition) is 4. The molecular weight excluding hydrogens is 314 g/mol. The van der Waals surface area contributed by atoms with Crippen LogP contribution in [0.5, 0.6) is 0 Å². The highest BCUT2D eigenvalue weighted by molar-refractivity contribution is 5.92. The summed E-state index contributed by atoms with van der Waals surface area (Å²) in [4.78, 5) is 24.8. The highest BCUT2D eigenvalue weighted by Gasteiger charge is 2.24. The van der Waals surface area contributed by atoms with E-state index in [9.17, 15) is 9.59 Å². The zero-order valence-electron chi connectivity index (χ0n) is 15.8. The molecule has 0 aromatic heterocycles. The molecule has 5 heteroatoms. The van der Waals surface area contributed by atoms with Gasteiger partial charge in [-0.15, -0.1) is 0 Å². The Morgan fingerprint density at radius 1 is 1.12 bits per heavy atom. The maximum Gasteiger partial charge on any atom is 0.225 e. The quantitative estimate of drug-likeness (QED) is 0.572. The molecule has 0 spiro atoms. The minimum Gasteiger partial charge on any atom is -0.346 e. The van der Waals surface area contributed by atoms with Crippen LogP contribution in [0.25, 0.3) is 0 Å². The van der Waals surface area contributed by atoms with Crippen molar-refractivity contribution in [2.45, 2.75) is 77.4 Å². The highest BCUT2D eigenvalue weighted by atomic mass is 16.2. The van der Waals surface area contributed by atoms with E-state index in [-0.39, 0.29) is 24.2 Å². The average Bonchev–Trinajstić information content (AvgIpc) is 2.57. The van der Waals surface area contributed by atoms with E-state index in [1.165, 1.54) is 0 Å². The molecule has 140 valence electrons. The van der Waals surface area contributed by atoms with Crippen LogP contribution in [0.3, 0.4) is 0 Å². The zero-order valence-corrected chi connectivity index (χ0v) is 15.8. The van der Waals surface area contributed by atoms with Crippen molar-refractivity contribution in [2.75, 3.05) is 0 Å². The number of hydrogen-bond donors (Lipinski definition) is 3. The second kappa shape index (κ2) is 11.0. The number of Topliss-reactive ketones (excluding diaryl/α,β-unsaturated/α-hetero) is 1. The molecule has 0 fully saturated rings. The Morgan fingerprint density at radius 2 is 1.84 bits per heavy atom. The molecule has 0 saturated carbocycles. The van der Waals surface area contributed by atoms with Gasteiger partial charge in [0.25, 0.3) is 0 Å². The van der Waals surface area contributed by atoms with Gasteiger partial charge in [0.15, 0.2) is 5.78 Å². The summed E-state index contributed by atoms with van der Waals surface area (Å²) in [7, 11) is 0. The number of benzene rings is 1. The maximum absolute atomic E-state index is 12.5. The molecule has 5 nitrogen and oxygen atoms in total. The van der Waals surface area contributed by atoms with Crippen molar-refractivity contribution in [3.63, 3.8) is 0 Å². The van der Waals surface area contributed by atoms with E-state index >= 15 is 0 Å². The summed E-state index contributed by atoms with van der Waals surface area (Å²) in [5.41, 5.74) is 14.1. The van der Waals surface area contributed by atoms with Gasteiger partial charge in [-0.05, 0) is 38.2 Å². The fourth-order valence-electron chi connectivity index (χ4n) is 2.94. The van der Waals surface area contributed by atoms with Crippen LogP contribution in [0.4, 0.5) is 0 Å². The molecule has 0 aliphatic rings. The number of amides is 1. The summed E-state index contributed by atoms with van der Waals surface area (Å²) in [5.74, 6) is -0.260. The van der Waals surface area contributed by atoms with Gasteiger partial charge in [0.05, 0.1) is 18.5 Å². The van der Waals surface area contributed by atoms with Gasteiger partial charge in [0.1, 0.15) is 0 Å². The first kappa shape index (κ1) is 21.3. The van der Waals surface area contributed by atoms with Crippen molar-refractivity contribution < 1.29 is 9.59 Å². The fraction of sp³-hybridized carbons (Fsp3) is 0.600. The van der Waals surface area contributed by atoms with Crippen LogP contribution in [0.15, 0.2) is 24.3 Å². The smallest absolute Gasteiger partial charge is 0.225 e. The first-order valence-electron chi connectivity index (χ1n) is 9.27. The predicted octanol–water partition coefficient (Wildman–Crippen LogP) is 2.24. The molecule has 1 aromatic carbocycles. The summed E-state index contributed by atoms with van der Waals surface area (Å²) in [6.45, 7) is 5.95. The molecule has 0 aliphatic heterocycles. The SMILES string of the molecule is CCCC(N)CCC(N)C(=O)[C@@H](CC)NC(=O)Cc1cccc(C)c1. The monoisotopic (exact) mass is 347 g/mol. The largest absolute Gasteiger partial charge is 0.346 e. The van der Waals surface area contributed by atoms with E-state index < -0.39 is 12.1 Å². The Morgan fingerprint density at radius 3 is 2.44 bits per heavy atom. The maximum atomic E-state index is 12.5. The van der Waals surface area contributed by atoms with Crippen molar-refractivity contribution in [3.8, 4) is 0 Å². The molecule has 0 radical (unpaired) electrons. The van der Waals surface area contributed by atoms with Crippen LogP contribution in [0, 0.1) is 6.92 Å². The first-order chi connectivity index (χ1) is 11.9. The van der Waals surface area contributed by atoms with E-state index in [1.54, 1.807) is 0 Å². The molecule has 5 N–H and O–H groups in total. The molecule has 0 heterocycles. The minimum atomic E-state index is -0.577. The van der Waals surface area contributed by atoms with Crippen molar-refractivity contribution in [1.82, 2.24) is 5.32 Å². The molecule has 1 aromatic rings. The molecule has 1 amide bonds. The number of carbonyl (C=O) groups is 2. The van der Waals surface area contributed by atoms with Gasteiger partial charge in [-0.3, -0.25) is 9.59 Å². The molecule has 1 rings (SSSR count). The van der Waals surface area contributed by atoms with Gasteiger partial charge < -0.3 is 16.8 Å². The van der Waals surface area contributed by atoms with E-state index in [1.807, 2.05) is 38.1 Å². The van der Waals surface area contributed by atoms with Gasteiger partial charge in [0.2, 0.25) is 5.91 Å². The molecule has 3 atom stereocenters. The Kier molecular flexibility index (Phi) is 9.39. The molecule has 0 bridgehead atoms. The van der Waals surface area contributed by atoms with E-state index in [0.717, 1.165) is 30.4 Å². The third-order valence-electron chi connectivity index (χ3n) is 4.41. The Labute approximate surface area is 151 Å². The second-order valence-corrected chi connectivity index (χ2v) is 6.83. The summed E-state index contributed by atoms with van der Waals surface area (Å²) < 4.78 is 0. The Hall–Kier alpha value is -1.72. The summed E-state index contributed by atoms with van der Waals surface area (Å²) in [5, 5.41) is 2.83. The van der Waals surface area contributed by atoms with Crippen LogP contribution in [-0.2, 0) is 16.0 Å². The third-order valence-corrected chi connectivity index (χ3v) is 4.41. The minimum absolute atomic E-state index is 0.0832. The third kappa shape index (κ3) is 7.80. The predicted molar refractivity (Wildman–Crippen MR) is 102 cm³/mol. The van der Waals surface area contributed by atoms with Crippen molar-refractivity contribution in [2.24, 2.45) is 11.5 Å². The lowest BCUT2D eigenvalue weighted by molar-refractivity contribution is -0.128. The molecule has 0 saturated heterocycles. The number of rotatable bonds is 11. The van der Waals surface area contributed by atoms with Gasteiger partial charge >= 0.3 is 0 Å². The lowest BCUT2D eigenvalue weighted by Gasteiger charge is -2.21. The number of aryl methyl sites for hydroxylation is 1. The van der Waals surface area contributed by atoms with E-state index in [2.05, 4.69) is 12.2 Å². The van der Waals surface area contributed by atoms with Crippen LogP contribution >= 0.6 is 0 Å². The molecule has 25 heavy (non-hydrogen) atoms. The second-order valence-electron chi connectivity index (χ2n) is 6.83. The van der Waals surface area contributed by atoms with Crippen LogP contribution in [0.2, 0.25) is 0 Å². The lowest BCUT2D eigenvalue weighted by Crippen LogP contribution is -2.48. The Bertz CT molecular complexity index is 560. The number of nitrogens with one attached hydrogen (secondary N) is 1. The molecular formula is C20H33N3O2. The summed E-state index contributed by atoms with van der Waals surface area (Å²) in [6, 6.07) is 6.78. The fourth-order valence-corrected chi connectivity index (χ4v) is 2.94. The van der Waals surface area contributed by atoms with Crippen LogP contribution in [-0.4, -0.2) is 29.8 Å². The standard InChI is InChI=1S/C20H33N3O2/c1-4-7-16(21)10-11-17(22)20(25)18(5-2)23-19(24)13-15-9-6-8-14(3)12-15/h6,8-9,12,16-18H,4-5,7,10-11,13,21-22H2,1-3H3,(H,23,24)/t16?,17?,18-/m1/s1. The topological polar surface area (TPSA) is 98.2 Å². The van der Waals surface area contributed by atoms with Gasteiger partial charge in [-0.25, -0.2) is 0 Å². The van der Waals surface area contributed by atoms with Crippen LogP contribution in [0.1, 0.15) is 57.1 Å². The highest BCUT2D eigenvalue weighted by Crippen LogP contribution is 2.08. The normalized spacial score (nSPS) is 14.6. The van der Waals surface area contributed by atoms with E-state index in [4.69, 9.17) is 11.5 Å². The van der Waals surface area contributed by atoms with Crippen molar-refractivity contribution in [1.29, 1.82) is 0 Å². The van der Waals surface area contributed by atoms with Crippen LogP contribution < -0.4 is 16.8 Å². The molecule has 2 unspecified atom stereocenters. The van der Waals surface area contributed by atoms with Crippen molar-refractivity contribution >= 4 is 11.7 Å². The number of ketones is 1. The summed E-state index contributed by atoms with van der Waals surface area (Å²) in [6.07, 6.45) is 4.05. The van der Waals surface area contributed by atoms with Gasteiger partial charge in [-0.1, -0.05) is 50.1 Å². The zero-order chi connectivity index (χ0) is 18.8. The van der Waals surface area contributed by atoms with Gasteiger partial charge in [-0.2, -0.15) is 0 Å². The lowest BCUT2D eigenvalue weighted by atomic mass is 9.96. The first-order valence-corrected chi connectivity index (χ1v) is 9.27. The average molecular weight is 348 g/mol. The molecule has 0 aliphatic carbocycles.